The van der Waals surface area contributed by atoms with Gasteiger partial charge in [0.15, 0.2) is 12.2 Å². The molecule has 0 aromatic heterocycles. The lowest BCUT2D eigenvalue weighted by atomic mass is 9.99. The van der Waals surface area contributed by atoms with Crippen LogP contribution in [-0.2, 0) is 65.4 Å². The molecule has 0 radical (unpaired) electrons. The van der Waals surface area contributed by atoms with Gasteiger partial charge in [0.25, 0.3) is 0 Å². The Morgan fingerprint density at radius 3 is 0.640 bits per heavy atom. The molecule has 0 rings (SSSR count). The summed E-state index contributed by atoms with van der Waals surface area (Å²) in [6.45, 7) is 14.4. The van der Waals surface area contributed by atoms with Crippen molar-refractivity contribution in [1.29, 1.82) is 0 Å². The molecular weight excluding hydrogens is 1440 g/mol. The molecule has 111 heavy (non-hydrogen) atoms. The van der Waals surface area contributed by atoms with Crippen molar-refractivity contribution in [3.8, 4) is 0 Å². The van der Waals surface area contributed by atoms with Crippen molar-refractivity contribution in [2.45, 2.75) is 504 Å². The van der Waals surface area contributed by atoms with E-state index in [9.17, 15) is 43.2 Å². The molecule has 0 aliphatic heterocycles. The summed E-state index contributed by atoms with van der Waals surface area (Å²) in [5.41, 5.74) is 0. The van der Waals surface area contributed by atoms with Crippen LogP contribution in [-0.4, -0.2) is 96.7 Å². The predicted octanol–water partition coefficient (Wildman–Crippen LogP) is 28.3. The number of hydrogen-bond acceptors (Lipinski definition) is 15. The van der Waals surface area contributed by atoms with E-state index in [1.807, 2.05) is 0 Å². The summed E-state index contributed by atoms with van der Waals surface area (Å²) < 4.78 is 69.1. The number of rotatable bonds is 89. The number of carbonyl (C=O) groups excluding carboxylic acids is 4. The first-order valence-corrected chi connectivity index (χ1v) is 50.2. The van der Waals surface area contributed by atoms with Crippen LogP contribution in [0.5, 0.6) is 0 Å². The Bertz CT molecular complexity index is 2150. The molecule has 6 atom stereocenters. The van der Waals surface area contributed by atoms with E-state index >= 15 is 0 Å². The van der Waals surface area contributed by atoms with Gasteiger partial charge in [0.05, 0.1) is 26.4 Å². The maximum absolute atomic E-state index is 13.2. The molecule has 0 aromatic rings. The SMILES string of the molecule is CCC(C)CCCCCCCCCCCCCCCCC(=O)O[C@H](COC(=O)CCCCCCCCCCC(C)C)COP(=O)(O)OC[C@H](O)COP(=O)(O)OC[C@@H](COC(=O)CCCCCCCCCCCCCCCCCCCCC(C)C)OC(=O)CCCCCCCCCCCCCCCCCCCCC(C)C. The van der Waals surface area contributed by atoms with Crippen molar-refractivity contribution in [2.75, 3.05) is 39.6 Å². The zero-order valence-electron chi connectivity index (χ0n) is 73.6. The normalized spacial score (nSPS) is 14.1. The van der Waals surface area contributed by atoms with Crippen LogP contribution in [0.2, 0.25) is 0 Å². The number of phosphoric acid groups is 2. The largest absolute Gasteiger partial charge is 0.472 e. The topological polar surface area (TPSA) is 237 Å². The highest BCUT2D eigenvalue weighted by atomic mass is 31.2. The van der Waals surface area contributed by atoms with Crippen LogP contribution in [0.25, 0.3) is 0 Å². The molecule has 660 valence electrons. The van der Waals surface area contributed by atoms with Gasteiger partial charge in [-0.3, -0.25) is 37.3 Å². The number of aliphatic hydroxyl groups is 1. The third-order valence-corrected chi connectivity index (χ3v) is 23.8. The van der Waals surface area contributed by atoms with Gasteiger partial charge in [0.2, 0.25) is 0 Å². The number of carbonyl (C=O) groups is 4. The molecule has 0 fully saturated rings. The van der Waals surface area contributed by atoms with E-state index in [2.05, 4.69) is 55.4 Å². The van der Waals surface area contributed by atoms with E-state index < -0.39 is 97.5 Å². The fourth-order valence-corrected chi connectivity index (χ4v) is 15.9. The van der Waals surface area contributed by atoms with Crippen molar-refractivity contribution < 1.29 is 80.2 Å². The fraction of sp³-hybridized carbons (Fsp3) is 0.957. The van der Waals surface area contributed by atoms with Gasteiger partial charge in [-0.1, -0.05) is 434 Å². The average Bonchev–Trinajstić information content (AvgIpc) is 0.899. The highest BCUT2D eigenvalue weighted by molar-refractivity contribution is 7.47. The zero-order valence-corrected chi connectivity index (χ0v) is 75.4. The third-order valence-electron chi connectivity index (χ3n) is 21.9. The molecule has 3 unspecified atom stereocenters. The summed E-state index contributed by atoms with van der Waals surface area (Å²) >= 11 is 0. The molecule has 0 spiro atoms. The van der Waals surface area contributed by atoms with Crippen LogP contribution in [0.15, 0.2) is 0 Å². The second kappa shape index (κ2) is 80.5. The molecule has 0 saturated heterocycles. The highest BCUT2D eigenvalue weighted by Gasteiger charge is 2.31. The maximum Gasteiger partial charge on any atom is 0.472 e. The lowest BCUT2D eigenvalue weighted by molar-refractivity contribution is -0.161. The van der Waals surface area contributed by atoms with Crippen LogP contribution in [0.3, 0.4) is 0 Å². The molecule has 0 amide bonds. The van der Waals surface area contributed by atoms with Crippen molar-refractivity contribution >= 4 is 39.5 Å². The molecule has 0 aliphatic carbocycles. The number of phosphoric ester groups is 2. The highest BCUT2D eigenvalue weighted by Crippen LogP contribution is 2.45. The van der Waals surface area contributed by atoms with Gasteiger partial charge in [-0.05, 0) is 49.4 Å². The van der Waals surface area contributed by atoms with Gasteiger partial charge in [-0.15, -0.1) is 0 Å². The van der Waals surface area contributed by atoms with Crippen LogP contribution in [0, 0.1) is 23.7 Å². The maximum atomic E-state index is 13.2. The summed E-state index contributed by atoms with van der Waals surface area (Å²) in [5.74, 6) is 1.11. The van der Waals surface area contributed by atoms with Crippen molar-refractivity contribution in [3.63, 3.8) is 0 Å². The lowest BCUT2D eigenvalue weighted by Crippen LogP contribution is -2.30. The fourth-order valence-electron chi connectivity index (χ4n) is 14.3. The second-order valence-corrected chi connectivity index (χ2v) is 37.6. The number of ether oxygens (including phenoxy) is 4. The first kappa shape index (κ1) is 109. The van der Waals surface area contributed by atoms with Crippen LogP contribution in [0.1, 0.15) is 486 Å². The quantitative estimate of drug-likeness (QED) is 0.0222. The Morgan fingerprint density at radius 1 is 0.252 bits per heavy atom. The van der Waals surface area contributed by atoms with E-state index in [1.165, 1.54) is 289 Å². The van der Waals surface area contributed by atoms with Crippen molar-refractivity contribution in [3.05, 3.63) is 0 Å². The lowest BCUT2D eigenvalue weighted by Gasteiger charge is -2.21. The van der Waals surface area contributed by atoms with E-state index in [4.69, 9.17) is 37.0 Å². The number of hydrogen-bond donors (Lipinski definition) is 3. The van der Waals surface area contributed by atoms with Crippen LogP contribution in [0.4, 0.5) is 0 Å². The monoisotopic (exact) mass is 1620 g/mol. The summed E-state index contributed by atoms with van der Waals surface area (Å²) in [7, 11) is -9.94. The van der Waals surface area contributed by atoms with Crippen molar-refractivity contribution in [1.82, 2.24) is 0 Å². The first-order valence-electron chi connectivity index (χ1n) is 47.2. The summed E-state index contributed by atoms with van der Waals surface area (Å²) in [6.07, 6.45) is 72.3. The summed E-state index contributed by atoms with van der Waals surface area (Å²) in [5, 5.41) is 10.7. The van der Waals surface area contributed by atoms with Gasteiger partial charge in [-0.25, -0.2) is 9.13 Å². The Morgan fingerprint density at radius 2 is 0.432 bits per heavy atom. The molecule has 0 aliphatic rings. The number of aliphatic hydroxyl groups excluding tert-OH is 1. The standard InChI is InChI=1S/C92H180O17P2/c1-9-85(8)71-63-55-47-38-32-26-22-23-29-35-41-51-59-67-75-92(97)109-88(79-103-90(95)73-65-57-49-43-42-46-54-62-70-84(6)7)81-107-111(100,101)105-77-86(93)76-104-110(98,99)106-80-87(108-91(96)74-66-58-50-40-34-28-21-17-13-11-15-19-25-31-37-45-53-61-69-83(4)5)78-102-89(94)72-64-56-48-39-33-27-20-16-12-10-14-18-24-30-36-44-52-60-68-82(2)3/h82-88,93H,9-81H2,1-8H3,(H,98,99)(H,100,101)/t85?,86-,87-,88-/m1/s1. The molecule has 0 saturated carbocycles. The molecular formula is C92H180O17P2. The Hall–Kier alpha value is -1.94. The Kier molecular flexibility index (Phi) is 79.1. The average molecular weight is 1620 g/mol. The summed E-state index contributed by atoms with van der Waals surface area (Å²) in [6, 6.07) is 0. The predicted molar refractivity (Wildman–Crippen MR) is 460 cm³/mol. The van der Waals surface area contributed by atoms with Gasteiger partial charge in [-0.2, -0.15) is 0 Å². The molecule has 0 heterocycles. The molecule has 3 N–H and O–H groups in total. The van der Waals surface area contributed by atoms with Crippen molar-refractivity contribution in [2.24, 2.45) is 23.7 Å². The van der Waals surface area contributed by atoms with E-state index in [0.29, 0.717) is 25.7 Å². The number of unbranched alkanes of at least 4 members (excludes halogenated alkanes) is 54. The van der Waals surface area contributed by atoms with Gasteiger partial charge in [0, 0.05) is 25.7 Å². The zero-order chi connectivity index (χ0) is 81.6. The van der Waals surface area contributed by atoms with E-state index in [0.717, 1.165) is 114 Å². The Balaban J connectivity index is 5.24. The minimum atomic E-state index is -4.97. The molecule has 17 nitrogen and oxygen atoms in total. The van der Waals surface area contributed by atoms with Crippen LogP contribution < -0.4 is 0 Å². The second-order valence-electron chi connectivity index (χ2n) is 34.7. The third kappa shape index (κ3) is 84.3. The van der Waals surface area contributed by atoms with Gasteiger partial charge < -0.3 is 33.8 Å². The molecule has 19 heteroatoms. The van der Waals surface area contributed by atoms with Gasteiger partial charge >= 0.3 is 39.5 Å². The molecule has 0 aromatic carbocycles. The van der Waals surface area contributed by atoms with Crippen LogP contribution >= 0.6 is 15.6 Å². The molecule has 0 bridgehead atoms. The van der Waals surface area contributed by atoms with Gasteiger partial charge in [0.1, 0.15) is 19.3 Å². The first-order chi connectivity index (χ1) is 53.6. The summed E-state index contributed by atoms with van der Waals surface area (Å²) in [4.78, 5) is 73.4. The minimum absolute atomic E-state index is 0.107. The smallest absolute Gasteiger partial charge is 0.462 e. The van der Waals surface area contributed by atoms with E-state index in [-0.39, 0.29) is 25.7 Å². The Labute approximate surface area is 683 Å². The van der Waals surface area contributed by atoms with E-state index in [1.54, 1.807) is 0 Å². The number of esters is 4. The minimum Gasteiger partial charge on any atom is -0.462 e.